The predicted octanol–water partition coefficient (Wildman–Crippen LogP) is 3.52. The molecule has 0 saturated heterocycles. The Labute approximate surface area is 112 Å². The molecule has 0 radical (unpaired) electrons. The molecule has 19 heavy (non-hydrogen) atoms. The van der Waals surface area contributed by atoms with E-state index in [0.717, 1.165) is 27.8 Å². The van der Waals surface area contributed by atoms with E-state index in [4.69, 9.17) is 4.74 Å². The summed E-state index contributed by atoms with van der Waals surface area (Å²) in [6, 6.07) is 5.82. The summed E-state index contributed by atoms with van der Waals surface area (Å²) in [6.45, 7) is 10.1. The number of pyridine rings is 1. The number of nitrogens with one attached hydrogen (secondary N) is 1. The van der Waals surface area contributed by atoms with Crippen LogP contribution in [0.1, 0.15) is 30.9 Å². The van der Waals surface area contributed by atoms with Crippen LogP contribution in [0.3, 0.4) is 0 Å². The maximum atomic E-state index is 12.0. The number of hydrogen-bond donors (Lipinski definition) is 1. The number of hydrogen-bond acceptors (Lipinski definition) is 2. The second-order valence-corrected chi connectivity index (χ2v) is 4.98. The molecule has 2 aromatic rings. The lowest BCUT2D eigenvalue weighted by Gasteiger charge is -2.12. The zero-order valence-electron chi connectivity index (χ0n) is 11.6. The van der Waals surface area contributed by atoms with Crippen LogP contribution in [-0.2, 0) is 0 Å². The number of ether oxygens (including phenoxy) is 1. The summed E-state index contributed by atoms with van der Waals surface area (Å²) in [5.74, 6) is 0.958. The second kappa shape index (κ2) is 5.31. The fourth-order valence-electron chi connectivity index (χ4n) is 2.13. The van der Waals surface area contributed by atoms with Crippen molar-refractivity contribution < 1.29 is 4.74 Å². The quantitative estimate of drug-likeness (QED) is 0.851. The van der Waals surface area contributed by atoms with Gasteiger partial charge in [0.15, 0.2) is 0 Å². The highest BCUT2D eigenvalue weighted by Gasteiger charge is 2.11. The first kappa shape index (κ1) is 13.4. The molecule has 0 amide bonds. The highest BCUT2D eigenvalue weighted by atomic mass is 16.5. The molecule has 0 saturated carbocycles. The molecule has 2 rings (SSSR count). The van der Waals surface area contributed by atoms with E-state index in [9.17, 15) is 4.79 Å². The van der Waals surface area contributed by atoms with Crippen molar-refractivity contribution in [3.8, 4) is 5.75 Å². The lowest BCUT2D eigenvalue weighted by Crippen LogP contribution is -2.14. The average molecular weight is 257 g/mol. The molecule has 1 aromatic heterocycles. The van der Waals surface area contributed by atoms with Crippen molar-refractivity contribution in [3.63, 3.8) is 0 Å². The van der Waals surface area contributed by atoms with Gasteiger partial charge >= 0.3 is 0 Å². The van der Waals surface area contributed by atoms with Crippen molar-refractivity contribution in [1.29, 1.82) is 0 Å². The molecule has 1 aromatic carbocycles. The molecule has 0 bridgehead atoms. The fraction of sp³-hybridized carbons (Fsp3) is 0.312. The highest BCUT2D eigenvalue weighted by Crippen LogP contribution is 2.28. The van der Waals surface area contributed by atoms with Gasteiger partial charge in [0, 0.05) is 10.9 Å². The Balaban J connectivity index is 2.71. The summed E-state index contributed by atoms with van der Waals surface area (Å²) in [7, 11) is 0. The first-order chi connectivity index (χ1) is 9.04. The van der Waals surface area contributed by atoms with Crippen molar-refractivity contribution in [2.75, 3.05) is 6.61 Å². The van der Waals surface area contributed by atoms with Crippen LogP contribution < -0.4 is 10.3 Å². The summed E-state index contributed by atoms with van der Waals surface area (Å²) in [6.07, 6.45) is 1.71. The number of H-pyrrole nitrogens is 1. The fourth-order valence-corrected chi connectivity index (χ4v) is 2.13. The van der Waals surface area contributed by atoms with Gasteiger partial charge in [-0.3, -0.25) is 4.79 Å². The van der Waals surface area contributed by atoms with Gasteiger partial charge in [-0.15, -0.1) is 0 Å². The van der Waals surface area contributed by atoms with Gasteiger partial charge in [-0.1, -0.05) is 32.6 Å². The topological polar surface area (TPSA) is 42.1 Å². The molecule has 3 nitrogen and oxygen atoms in total. The van der Waals surface area contributed by atoms with Crippen LogP contribution in [0, 0.1) is 6.92 Å². The first-order valence-corrected chi connectivity index (χ1v) is 6.44. The van der Waals surface area contributed by atoms with Crippen molar-refractivity contribution in [1.82, 2.24) is 4.98 Å². The van der Waals surface area contributed by atoms with Crippen LogP contribution in [-0.4, -0.2) is 11.6 Å². The van der Waals surface area contributed by atoms with Crippen LogP contribution in [0.25, 0.3) is 10.9 Å². The minimum absolute atomic E-state index is 0.0218. The molecule has 1 heterocycles. The lowest BCUT2D eigenvalue weighted by atomic mass is 10.0. The van der Waals surface area contributed by atoms with Gasteiger partial charge in [0.2, 0.25) is 0 Å². The molecular formula is C16H19NO2. The van der Waals surface area contributed by atoms with Crippen molar-refractivity contribution in [2.45, 2.75) is 26.7 Å². The normalized spacial score (nSPS) is 10.9. The third-order valence-electron chi connectivity index (χ3n) is 3.19. The standard InChI is InChI=1S/C16H19NO2/c1-5-8-19-14-7-6-11(4)15-13(14)9-12(10(2)3)16(18)17-15/h5-7,9-10H,1,8H2,2-4H3,(H,17,18). The Morgan fingerprint density at radius 1 is 1.42 bits per heavy atom. The molecule has 1 N–H and O–H groups in total. The molecule has 100 valence electrons. The van der Waals surface area contributed by atoms with Crippen LogP contribution in [0.2, 0.25) is 0 Å². The van der Waals surface area contributed by atoms with E-state index < -0.39 is 0 Å². The van der Waals surface area contributed by atoms with Crippen molar-refractivity contribution >= 4 is 10.9 Å². The van der Waals surface area contributed by atoms with E-state index in [1.807, 2.05) is 39.0 Å². The van der Waals surface area contributed by atoms with Gasteiger partial charge in [0.1, 0.15) is 12.4 Å². The van der Waals surface area contributed by atoms with Crippen LogP contribution in [0.5, 0.6) is 5.75 Å². The van der Waals surface area contributed by atoms with Crippen molar-refractivity contribution in [2.24, 2.45) is 0 Å². The van der Waals surface area contributed by atoms with Gasteiger partial charge in [0.25, 0.3) is 5.56 Å². The monoisotopic (exact) mass is 257 g/mol. The van der Waals surface area contributed by atoms with Crippen LogP contribution in [0.15, 0.2) is 35.6 Å². The van der Waals surface area contributed by atoms with Gasteiger partial charge < -0.3 is 9.72 Å². The SMILES string of the molecule is C=CCOc1ccc(C)c2[nH]c(=O)c(C(C)C)cc12. The molecule has 0 atom stereocenters. The maximum absolute atomic E-state index is 12.0. The largest absolute Gasteiger partial charge is 0.489 e. The second-order valence-electron chi connectivity index (χ2n) is 4.98. The number of aryl methyl sites for hydroxylation is 1. The number of aromatic amines is 1. The Bertz CT molecular complexity index is 668. The van der Waals surface area contributed by atoms with Crippen LogP contribution >= 0.6 is 0 Å². The summed E-state index contributed by atoms with van der Waals surface area (Å²) in [4.78, 5) is 15.0. The molecule has 0 aliphatic rings. The molecule has 0 fully saturated rings. The maximum Gasteiger partial charge on any atom is 0.251 e. The number of fused-ring (bicyclic) bond motifs is 1. The zero-order chi connectivity index (χ0) is 14.0. The minimum Gasteiger partial charge on any atom is -0.489 e. The molecule has 3 heteroatoms. The number of rotatable bonds is 4. The average Bonchev–Trinajstić information content (AvgIpc) is 2.37. The molecule has 0 spiro atoms. The summed E-state index contributed by atoms with van der Waals surface area (Å²) in [5, 5.41) is 0.949. The summed E-state index contributed by atoms with van der Waals surface area (Å²) in [5.41, 5.74) is 2.64. The zero-order valence-corrected chi connectivity index (χ0v) is 11.6. The molecule has 0 aliphatic carbocycles. The summed E-state index contributed by atoms with van der Waals surface area (Å²) < 4.78 is 5.66. The number of aromatic nitrogens is 1. The van der Waals surface area contributed by atoms with E-state index in [-0.39, 0.29) is 11.5 Å². The molecular weight excluding hydrogens is 238 g/mol. The van der Waals surface area contributed by atoms with E-state index in [1.165, 1.54) is 0 Å². The Morgan fingerprint density at radius 3 is 2.79 bits per heavy atom. The Kier molecular flexibility index (Phi) is 3.74. The third-order valence-corrected chi connectivity index (χ3v) is 3.19. The smallest absolute Gasteiger partial charge is 0.251 e. The van der Waals surface area contributed by atoms with E-state index in [2.05, 4.69) is 11.6 Å². The molecule has 0 aliphatic heterocycles. The van der Waals surface area contributed by atoms with Gasteiger partial charge in [-0.05, 0) is 30.5 Å². The third kappa shape index (κ3) is 2.55. The predicted molar refractivity (Wildman–Crippen MR) is 79.1 cm³/mol. The minimum atomic E-state index is -0.0218. The van der Waals surface area contributed by atoms with Gasteiger partial charge in [-0.2, -0.15) is 0 Å². The van der Waals surface area contributed by atoms with Crippen molar-refractivity contribution in [3.05, 3.63) is 52.3 Å². The van der Waals surface area contributed by atoms with Crippen LogP contribution in [0.4, 0.5) is 0 Å². The highest BCUT2D eigenvalue weighted by molar-refractivity contribution is 5.88. The van der Waals surface area contributed by atoms with Gasteiger partial charge in [0.05, 0.1) is 5.52 Å². The number of benzene rings is 1. The van der Waals surface area contributed by atoms with E-state index in [0.29, 0.717) is 6.61 Å². The van der Waals surface area contributed by atoms with Gasteiger partial charge in [-0.25, -0.2) is 0 Å². The summed E-state index contributed by atoms with van der Waals surface area (Å²) >= 11 is 0. The first-order valence-electron chi connectivity index (χ1n) is 6.44. The van der Waals surface area contributed by atoms with E-state index >= 15 is 0 Å². The lowest BCUT2D eigenvalue weighted by molar-refractivity contribution is 0.367. The molecule has 0 unspecified atom stereocenters. The van der Waals surface area contributed by atoms with E-state index in [1.54, 1.807) is 6.08 Å². The Hall–Kier alpha value is -2.03. The Morgan fingerprint density at radius 2 is 2.16 bits per heavy atom.